The average molecular weight is 531 g/mol. The lowest BCUT2D eigenvalue weighted by Gasteiger charge is -2.45. The van der Waals surface area contributed by atoms with Crippen LogP contribution in [0.1, 0.15) is 67.7 Å². The Hall–Kier alpha value is -1.62. The number of ether oxygens (including phenoxy) is 3. The molecule has 36 heavy (non-hydrogen) atoms. The van der Waals surface area contributed by atoms with Crippen LogP contribution in [-0.4, -0.2) is 53.1 Å². The minimum atomic E-state index is -2.12. The number of nitrogens with one attached hydrogen (secondary N) is 1. The van der Waals surface area contributed by atoms with Crippen LogP contribution in [0.25, 0.3) is 0 Å². The topological polar surface area (TPSA) is 83.1 Å². The SMILES string of the molecule is CCOC(=O)C1(CO[Si](C)C)C(NC(=O)C(C)(C)C)=C(F)C(C(C)(C)C)=C(F)C1OC1CCCCO1. The lowest BCUT2D eigenvalue weighted by Crippen LogP contribution is -2.58. The minimum Gasteiger partial charge on any atom is -0.465 e. The molecule has 2 aliphatic rings. The molecule has 2 rings (SSSR count). The molecule has 1 fully saturated rings. The normalized spacial score (nSPS) is 25.9. The fourth-order valence-electron chi connectivity index (χ4n) is 4.14. The Morgan fingerprint density at radius 2 is 1.78 bits per heavy atom. The van der Waals surface area contributed by atoms with E-state index in [2.05, 4.69) is 5.32 Å². The zero-order chi connectivity index (χ0) is 27.5. The largest absolute Gasteiger partial charge is 0.465 e. The molecule has 10 heteroatoms. The van der Waals surface area contributed by atoms with Crippen molar-refractivity contribution in [3.05, 3.63) is 22.9 Å². The van der Waals surface area contributed by atoms with Crippen LogP contribution in [0.3, 0.4) is 0 Å². The molecule has 7 nitrogen and oxygen atoms in total. The third-order valence-corrected chi connectivity index (χ3v) is 6.85. The zero-order valence-corrected chi connectivity index (χ0v) is 24.1. The monoisotopic (exact) mass is 530 g/mol. The summed E-state index contributed by atoms with van der Waals surface area (Å²) in [4.78, 5) is 26.9. The van der Waals surface area contributed by atoms with Crippen molar-refractivity contribution in [1.82, 2.24) is 5.32 Å². The standard InChI is InChI=1S/C26H42F2NO6Si/c1-10-32-23(31)26(15-34-36(8)9)20(29-22(30)25(5,6)7)18(27)17(24(2,3)4)19(28)21(26)35-16-13-11-12-14-33-16/h16,21H,10-15H2,1-9H3,(H,29,30). The highest BCUT2D eigenvalue weighted by Gasteiger charge is 2.60. The maximum absolute atomic E-state index is 16.4. The maximum atomic E-state index is 16.4. The first-order valence-corrected chi connectivity index (χ1v) is 15.0. The highest BCUT2D eigenvalue weighted by Crippen LogP contribution is 2.51. The highest BCUT2D eigenvalue weighted by molar-refractivity contribution is 6.48. The Bertz CT molecular complexity index is 884. The zero-order valence-electron chi connectivity index (χ0n) is 23.1. The molecular weight excluding hydrogens is 488 g/mol. The summed E-state index contributed by atoms with van der Waals surface area (Å²) < 4.78 is 56.0. The van der Waals surface area contributed by atoms with Gasteiger partial charge >= 0.3 is 5.97 Å². The van der Waals surface area contributed by atoms with Crippen LogP contribution in [0.5, 0.6) is 0 Å². The lowest BCUT2D eigenvalue weighted by atomic mass is 9.69. The molecule has 0 aromatic heterocycles. The van der Waals surface area contributed by atoms with E-state index >= 15 is 8.78 Å². The van der Waals surface area contributed by atoms with Gasteiger partial charge in [0.2, 0.25) is 14.9 Å². The summed E-state index contributed by atoms with van der Waals surface area (Å²) in [6.07, 6.45) is -0.308. The summed E-state index contributed by atoms with van der Waals surface area (Å²) in [5.41, 5.74) is -4.72. The highest BCUT2D eigenvalue weighted by atomic mass is 28.3. The van der Waals surface area contributed by atoms with Gasteiger partial charge in [-0.25, -0.2) is 8.78 Å². The molecule has 1 aliphatic heterocycles. The Morgan fingerprint density at radius 1 is 1.14 bits per heavy atom. The first-order valence-electron chi connectivity index (χ1n) is 12.6. The Balaban J connectivity index is 2.86. The van der Waals surface area contributed by atoms with E-state index in [1.807, 2.05) is 13.1 Å². The van der Waals surface area contributed by atoms with Crippen molar-refractivity contribution in [2.45, 2.75) is 93.2 Å². The van der Waals surface area contributed by atoms with E-state index in [0.717, 1.165) is 12.8 Å². The number of carbonyl (C=O) groups excluding carboxylic acids is 2. The Labute approximate surface area is 215 Å². The summed E-state index contributed by atoms with van der Waals surface area (Å²) in [6.45, 7) is 15.2. The number of amides is 1. The van der Waals surface area contributed by atoms with Crippen molar-refractivity contribution in [3.63, 3.8) is 0 Å². The second-order valence-electron chi connectivity index (χ2n) is 11.6. The van der Waals surface area contributed by atoms with Gasteiger partial charge in [-0.3, -0.25) is 9.59 Å². The minimum absolute atomic E-state index is 0.0388. The molecule has 205 valence electrons. The smallest absolute Gasteiger partial charge is 0.323 e. The van der Waals surface area contributed by atoms with E-state index in [0.29, 0.717) is 13.0 Å². The molecule has 3 unspecified atom stereocenters. The van der Waals surface area contributed by atoms with Crippen LogP contribution >= 0.6 is 0 Å². The molecule has 0 aromatic carbocycles. The Morgan fingerprint density at radius 3 is 2.25 bits per heavy atom. The predicted molar refractivity (Wildman–Crippen MR) is 134 cm³/mol. The molecule has 1 saturated heterocycles. The molecule has 1 heterocycles. The van der Waals surface area contributed by atoms with E-state index in [1.54, 1.807) is 48.5 Å². The van der Waals surface area contributed by atoms with Crippen molar-refractivity contribution in [1.29, 1.82) is 0 Å². The molecule has 1 aliphatic carbocycles. The fourth-order valence-corrected chi connectivity index (χ4v) is 4.66. The Kier molecular flexibility index (Phi) is 10.1. The van der Waals surface area contributed by atoms with Crippen molar-refractivity contribution < 1.29 is 37.0 Å². The molecule has 1 N–H and O–H groups in total. The number of rotatable bonds is 8. The van der Waals surface area contributed by atoms with Crippen molar-refractivity contribution in [3.8, 4) is 0 Å². The predicted octanol–water partition coefficient (Wildman–Crippen LogP) is 5.34. The van der Waals surface area contributed by atoms with Crippen LogP contribution in [0, 0.1) is 16.2 Å². The molecule has 0 saturated carbocycles. The quantitative estimate of drug-likeness (QED) is 0.337. The van der Waals surface area contributed by atoms with Gasteiger partial charge in [0.1, 0.15) is 17.8 Å². The number of esters is 1. The van der Waals surface area contributed by atoms with Gasteiger partial charge in [-0.1, -0.05) is 41.5 Å². The summed E-state index contributed by atoms with van der Waals surface area (Å²) in [5.74, 6) is -3.42. The summed E-state index contributed by atoms with van der Waals surface area (Å²) in [7, 11) is -1.42. The van der Waals surface area contributed by atoms with Gasteiger partial charge in [0.15, 0.2) is 11.7 Å². The van der Waals surface area contributed by atoms with Crippen LogP contribution in [0.2, 0.25) is 13.1 Å². The molecule has 0 bridgehead atoms. The van der Waals surface area contributed by atoms with Crippen molar-refractivity contribution in [2.75, 3.05) is 19.8 Å². The summed E-state index contributed by atoms with van der Waals surface area (Å²) in [6, 6.07) is 0. The second-order valence-corrected chi connectivity index (χ2v) is 13.7. The molecule has 0 spiro atoms. The molecule has 1 amide bonds. The van der Waals surface area contributed by atoms with Gasteiger partial charge in [0, 0.05) is 17.6 Å². The van der Waals surface area contributed by atoms with Gasteiger partial charge in [0.25, 0.3) is 0 Å². The van der Waals surface area contributed by atoms with E-state index < -0.39 is 73.5 Å². The third kappa shape index (κ3) is 6.62. The number of allylic oxidation sites excluding steroid dienone is 2. The molecule has 0 aromatic rings. The van der Waals surface area contributed by atoms with E-state index in [1.165, 1.54) is 0 Å². The third-order valence-electron chi connectivity index (χ3n) is 6.13. The van der Waals surface area contributed by atoms with Crippen molar-refractivity contribution in [2.24, 2.45) is 16.2 Å². The summed E-state index contributed by atoms with van der Waals surface area (Å²) >= 11 is 0. The van der Waals surface area contributed by atoms with Gasteiger partial charge in [-0.2, -0.15) is 0 Å². The van der Waals surface area contributed by atoms with Crippen LogP contribution in [-0.2, 0) is 28.2 Å². The van der Waals surface area contributed by atoms with Crippen LogP contribution < -0.4 is 5.32 Å². The van der Waals surface area contributed by atoms with Crippen LogP contribution in [0.15, 0.2) is 22.9 Å². The molecular formula is C26H42F2NO6Si. The number of hydrogen-bond acceptors (Lipinski definition) is 6. The first kappa shape index (κ1) is 30.6. The number of carbonyl (C=O) groups is 2. The number of hydrogen-bond donors (Lipinski definition) is 1. The maximum Gasteiger partial charge on any atom is 0.323 e. The van der Waals surface area contributed by atoms with E-state index in [4.69, 9.17) is 18.6 Å². The lowest BCUT2D eigenvalue weighted by molar-refractivity contribution is -0.214. The van der Waals surface area contributed by atoms with E-state index in [9.17, 15) is 9.59 Å². The van der Waals surface area contributed by atoms with E-state index in [-0.39, 0.29) is 12.2 Å². The summed E-state index contributed by atoms with van der Waals surface area (Å²) in [5, 5.41) is 2.63. The molecule has 1 radical (unpaired) electrons. The van der Waals surface area contributed by atoms with Gasteiger partial charge in [-0.15, -0.1) is 0 Å². The van der Waals surface area contributed by atoms with Gasteiger partial charge in [0.05, 0.1) is 18.9 Å². The number of halogens is 2. The first-order chi connectivity index (χ1) is 16.6. The average Bonchev–Trinajstić information content (AvgIpc) is 2.75. The fraction of sp³-hybridized carbons (Fsp3) is 0.769. The second kappa shape index (κ2) is 11.8. The van der Waals surface area contributed by atoms with Crippen molar-refractivity contribution >= 4 is 20.9 Å². The molecule has 3 atom stereocenters. The van der Waals surface area contributed by atoms with Gasteiger partial charge < -0.3 is 24.0 Å². The van der Waals surface area contributed by atoms with Crippen LogP contribution in [0.4, 0.5) is 8.78 Å². The van der Waals surface area contributed by atoms with Gasteiger partial charge in [-0.05, 0) is 44.7 Å².